The zero-order valence-corrected chi connectivity index (χ0v) is 16.8. The molecule has 1 heterocycles. The van der Waals surface area contributed by atoms with Crippen LogP contribution >= 0.6 is 0 Å². The molecule has 3 aromatic rings. The lowest BCUT2D eigenvalue weighted by molar-refractivity contribution is 0.340. The molecular formula is C25H26N2O. The molecule has 1 aliphatic rings. The van der Waals surface area contributed by atoms with Gasteiger partial charge in [0.1, 0.15) is 5.75 Å². The summed E-state index contributed by atoms with van der Waals surface area (Å²) in [6.45, 7) is 9.00. The lowest BCUT2D eigenvalue weighted by atomic mass is 10.0. The monoisotopic (exact) mass is 370 g/mol. The molecular weight excluding hydrogens is 344 g/mol. The third-order valence-corrected chi connectivity index (χ3v) is 5.31. The number of benzene rings is 3. The zero-order chi connectivity index (χ0) is 19.5. The highest BCUT2D eigenvalue weighted by Gasteiger charge is 2.19. The van der Waals surface area contributed by atoms with E-state index in [9.17, 15) is 0 Å². The molecule has 0 saturated carbocycles. The van der Waals surface area contributed by atoms with Crippen molar-refractivity contribution in [3.63, 3.8) is 0 Å². The van der Waals surface area contributed by atoms with Crippen molar-refractivity contribution in [2.75, 3.05) is 11.5 Å². The van der Waals surface area contributed by atoms with Gasteiger partial charge >= 0.3 is 0 Å². The number of anilines is 1. The van der Waals surface area contributed by atoms with Crippen LogP contribution in [0.2, 0.25) is 0 Å². The number of aryl methyl sites for hydroxylation is 2. The number of fused-ring (bicyclic) bond motifs is 1. The van der Waals surface area contributed by atoms with Crippen LogP contribution in [0.4, 0.5) is 11.4 Å². The van der Waals surface area contributed by atoms with Gasteiger partial charge in [-0.2, -0.15) is 0 Å². The molecule has 4 rings (SSSR count). The van der Waals surface area contributed by atoms with Gasteiger partial charge in [0, 0.05) is 25.0 Å². The van der Waals surface area contributed by atoms with Crippen LogP contribution in [0.3, 0.4) is 0 Å². The minimum absolute atomic E-state index is 0.682. The van der Waals surface area contributed by atoms with Crippen LogP contribution in [-0.4, -0.2) is 12.8 Å². The Kier molecular flexibility index (Phi) is 5.16. The van der Waals surface area contributed by atoms with Crippen molar-refractivity contribution >= 4 is 17.6 Å². The molecule has 0 spiro atoms. The third kappa shape index (κ3) is 3.94. The minimum atomic E-state index is 0.682. The summed E-state index contributed by atoms with van der Waals surface area (Å²) in [5.74, 6) is 0.890. The van der Waals surface area contributed by atoms with E-state index in [2.05, 4.69) is 60.1 Å². The van der Waals surface area contributed by atoms with Gasteiger partial charge in [-0.1, -0.05) is 12.1 Å². The molecule has 0 aliphatic carbocycles. The Morgan fingerprint density at radius 1 is 0.893 bits per heavy atom. The molecule has 0 aromatic heterocycles. The first-order valence-electron chi connectivity index (χ1n) is 9.83. The molecule has 1 aliphatic heterocycles. The Morgan fingerprint density at radius 3 is 2.07 bits per heavy atom. The number of ether oxygens (including phenoxy) is 1. The van der Waals surface area contributed by atoms with E-state index in [1.54, 1.807) is 0 Å². The Hall–Kier alpha value is -3.07. The van der Waals surface area contributed by atoms with Crippen LogP contribution < -0.4 is 9.64 Å². The first kappa shape index (κ1) is 18.3. The van der Waals surface area contributed by atoms with Gasteiger partial charge in [-0.15, -0.1) is 0 Å². The fourth-order valence-electron chi connectivity index (χ4n) is 3.60. The van der Waals surface area contributed by atoms with Gasteiger partial charge in [0.05, 0.1) is 12.3 Å². The van der Waals surface area contributed by atoms with Crippen LogP contribution in [-0.2, 0) is 13.1 Å². The van der Waals surface area contributed by atoms with E-state index in [1.807, 2.05) is 37.4 Å². The molecule has 3 nitrogen and oxygen atoms in total. The molecule has 0 amide bonds. The van der Waals surface area contributed by atoms with Crippen molar-refractivity contribution in [3.05, 3.63) is 88.5 Å². The van der Waals surface area contributed by atoms with Gasteiger partial charge < -0.3 is 9.64 Å². The first-order valence-corrected chi connectivity index (χ1v) is 9.83. The molecule has 3 heteroatoms. The van der Waals surface area contributed by atoms with E-state index in [0.717, 1.165) is 30.1 Å². The molecule has 28 heavy (non-hydrogen) atoms. The highest BCUT2D eigenvalue weighted by atomic mass is 16.5. The molecule has 0 bridgehead atoms. The van der Waals surface area contributed by atoms with E-state index in [0.29, 0.717) is 6.61 Å². The van der Waals surface area contributed by atoms with Crippen molar-refractivity contribution in [3.8, 4) is 5.75 Å². The van der Waals surface area contributed by atoms with Gasteiger partial charge in [0.25, 0.3) is 0 Å². The maximum Gasteiger partial charge on any atom is 0.119 e. The fraction of sp³-hybridized carbons (Fsp3) is 0.240. The normalized spacial score (nSPS) is 13.2. The fourth-order valence-corrected chi connectivity index (χ4v) is 3.60. The van der Waals surface area contributed by atoms with E-state index >= 15 is 0 Å². The van der Waals surface area contributed by atoms with Crippen LogP contribution in [0.1, 0.15) is 34.7 Å². The average molecular weight is 370 g/mol. The maximum atomic E-state index is 5.47. The van der Waals surface area contributed by atoms with Gasteiger partial charge in [-0.3, -0.25) is 4.99 Å². The van der Waals surface area contributed by atoms with Crippen LogP contribution in [0.25, 0.3) is 0 Å². The number of hydrogen-bond acceptors (Lipinski definition) is 3. The summed E-state index contributed by atoms with van der Waals surface area (Å²) in [5, 5.41) is 0. The molecule has 142 valence electrons. The van der Waals surface area contributed by atoms with Gasteiger partial charge in [-0.25, -0.2) is 0 Å². The summed E-state index contributed by atoms with van der Waals surface area (Å²) in [6.07, 6.45) is 1.89. The lowest BCUT2D eigenvalue weighted by Gasteiger charge is -2.17. The van der Waals surface area contributed by atoms with Gasteiger partial charge in [0.2, 0.25) is 0 Å². The predicted molar refractivity (Wildman–Crippen MR) is 117 cm³/mol. The average Bonchev–Trinajstić information content (AvgIpc) is 3.11. The molecule has 0 N–H and O–H groups in total. The van der Waals surface area contributed by atoms with Crippen molar-refractivity contribution in [2.45, 2.75) is 33.9 Å². The standard InChI is InChI=1S/C25H26N2O/c1-4-28-25-11-5-20(6-12-25)15-26-23-7-9-24(10-8-23)27-16-21-13-18(2)19(3)14-22(21)17-27/h5-15H,4,16-17H2,1-3H3. The highest BCUT2D eigenvalue weighted by Crippen LogP contribution is 2.31. The van der Waals surface area contributed by atoms with E-state index in [1.165, 1.54) is 27.9 Å². The van der Waals surface area contributed by atoms with Crippen molar-refractivity contribution < 1.29 is 4.74 Å². The summed E-state index contributed by atoms with van der Waals surface area (Å²) in [7, 11) is 0. The Bertz CT molecular complexity index is 957. The second kappa shape index (κ2) is 7.89. The van der Waals surface area contributed by atoms with Crippen LogP contribution in [0, 0.1) is 13.8 Å². The van der Waals surface area contributed by atoms with Crippen LogP contribution in [0.5, 0.6) is 5.75 Å². The number of hydrogen-bond donors (Lipinski definition) is 0. The lowest BCUT2D eigenvalue weighted by Crippen LogP contribution is -2.13. The number of aliphatic imine (C=N–C) groups is 1. The molecule has 0 radical (unpaired) electrons. The second-order valence-electron chi connectivity index (χ2n) is 7.34. The van der Waals surface area contributed by atoms with Crippen molar-refractivity contribution in [1.82, 2.24) is 0 Å². The maximum absolute atomic E-state index is 5.47. The van der Waals surface area contributed by atoms with Gasteiger partial charge in [0.15, 0.2) is 0 Å². The summed E-state index contributed by atoms with van der Waals surface area (Å²) < 4.78 is 5.47. The van der Waals surface area contributed by atoms with E-state index < -0.39 is 0 Å². The number of nitrogens with zero attached hydrogens (tertiary/aromatic N) is 2. The number of rotatable bonds is 5. The third-order valence-electron chi connectivity index (χ3n) is 5.31. The summed E-state index contributed by atoms with van der Waals surface area (Å²) in [5.41, 5.74) is 8.90. The first-order chi connectivity index (χ1) is 13.6. The summed E-state index contributed by atoms with van der Waals surface area (Å²) in [6, 6.07) is 21.2. The Balaban J connectivity index is 1.43. The predicted octanol–water partition coefficient (Wildman–Crippen LogP) is 5.97. The second-order valence-corrected chi connectivity index (χ2v) is 7.34. The highest BCUT2D eigenvalue weighted by molar-refractivity contribution is 5.82. The summed E-state index contributed by atoms with van der Waals surface area (Å²) in [4.78, 5) is 7.02. The van der Waals surface area contributed by atoms with E-state index in [4.69, 9.17) is 4.74 Å². The Morgan fingerprint density at radius 2 is 1.50 bits per heavy atom. The van der Waals surface area contributed by atoms with Crippen molar-refractivity contribution in [2.24, 2.45) is 4.99 Å². The minimum Gasteiger partial charge on any atom is -0.494 e. The van der Waals surface area contributed by atoms with Crippen molar-refractivity contribution in [1.29, 1.82) is 0 Å². The molecule has 3 aromatic carbocycles. The smallest absolute Gasteiger partial charge is 0.119 e. The molecule has 0 atom stereocenters. The molecule has 0 fully saturated rings. The zero-order valence-electron chi connectivity index (χ0n) is 16.8. The van der Waals surface area contributed by atoms with Crippen LogP contribution in [0.15, 0.2) is 65.7 Å². The molecule has 0 unspecified atom stereocenters. The quantitative estimate of drug-likeness (QED) is 0.517. The topological polar surface area (TPSA) is 24.8 Å². The molecule has 0 saturated heterocycles. The van der Waals surface area contributed by atoms with E-state index in [-0.39, 0.29) is 0 Å². The summed E-state index contributed by atoms with van der Waals surface area (Å²) >= 11 is 0. The van der Waals surface area contributed by atoms with Gasteiger partial charge in [-0.05, 0) is 97.1 Å². The SMILES string of the molecule is CCOc1ccc(C=Nc2ccc(N3Cc4cc(C)c(C)cc4C3)cc2)cc1. The Labute approximate surface area is 167 Å². The largest absolute Gasteiger partial charge is 0.494 e.